The van der Waals surface area contributed by atoms with E-state index in [-0.39, 0.29) is 5.69 Å². The van der Waals surface area contributed by atoms with Gasteiger partial charge in [0.25, 0.3) is 0 Å². The molecule has 0 spiro atoms. The fourth-order valence-electron chi connectivity index (χ4n) is 2.08. The number of amides is 2. The molecule has 128 valence electrons. The first kappa shape index (κ1) is 18.3. The molecule has 0 radical (unpaired) electrons. The molecule has 0 fully saturated rings. The van der Waals surface area contributed by atoms with E-state index in [1.165, 1.54) is 33.3 Å². The molecule has 1 unspecified atom stereocenters. The summed E-state index contributed by atoms with van der Waals surface area (Å²) in [6.45, 7) is 2.67. The Kier molecular flexibility index (Phi) is 7.13. The number of carbonyl (C=O) groups is 1. The van der Waals surface area contributed by atoms with Gasteiger partial charge in [0, 0.05) is 6.54 Å². The van der Waals surface area contributed by atoms with Gasteiger partial charge < -0.3 is 0 Å². The van der Waals surface area contributed by atoms with Crippen LogP contribution in [0.5, 0.6) is 11.5 Å². The molecule has 4 nitrogen and oxygen atoms in total. The van der Waals surface area contributed by atoms with Crippen molar-refractivity contribution in [3.63, 3.8) is 0 Å². The van der Waals surface area contributed by atoms with Gasteiger partial charge in [0.05, 0.1) is 0 Å². The van der Waals surface area contributed by atoms with Crippen molar-refractivity contribution in [1.29, 1.82) is 0 Å². The number of halogens is 1. The van der Waals surface area contributed by atoms with Crippen LogP contribution in [0.1, 0.15) is 26.2 Å². The molecular weight excluding hydrogens is 370 g/mol. The first-order valence-corrected chi connectivity index (χ1v) is 9.17. The van der Waals surface area contributed by atoms with E-state index < -0.39 is 11.8 Å². The van der Waals surface area contributed by atoms with E-state index in [4.69, 9.17) is 4.74 Å². The number of ether oxygens (including phenoxy) is 1. The third kappa shape index (κ3) is 5.89. The number of nitrogens with one attached hydrogen (secondary N) is 2. The van der Waals surface area contributed by atoms with E-state index in [0.29, 0.717) is 18.0 Å². The molecule has 2 aromatic carbocycles. The third-order valence-corrected chi connectivity index (χ3v) is 4.18. The van der Waals surface area contributed by atoms with Crippen LogP contribution in [0.25, 0.3) is 0 Å². The number of hydrogen-bond donors (Lipinski definition) is 2. The number of unbranched alkanes of at least 4 members (excludes halogenated alkanes) is 2. The van der Waals surface area contributed by atoms with Crippen molar-refractivity contribution in [2.75, 3.05) is 11.9 Å². The zero-order chi connectivity index (χ0) is 17.4. The van der Waals surface area contributed by atoms with E-state index in [1.54, 1.807) is 6.07 Å². The summed E-state index contributed by atoms with van der Waals surface area (Å²) in [7, 11) is 0. The molecule has 0 aromatic heterocycles. The van der Waals surface area contributed by atoms with Crippen LogP contribution in [-0.2, 0) is 0 Å². The Hall–Kier alpha value is -2.00. The Balaban J connectivity index is 1.91. The summed E-state index contributed by atoms with van der Waals surface area (Å²) in [5, 5.41) is 5.21. The fourth-order valence-corrected chi connectivity index (χ4v) is 2.48. The van der Waals surface area contributed by atoms with Gasteiger partial charge in [0.1, 0.15) is 0 Å². The first-order chi connectivity index (χ1) is 11.6. The molecule has 2 aromatic rings. The Bertz CT molecular complexity index is 677. The molecule has 0 aliphatic carbocycles. The van der Waals surface area contributed by atoms with Gasteiger partial charge >= 0.3 is 117 Å². The Labute approximate surface area is 150 Å². The average molecular weight is 392 g/mol. The normalized spacial score (nSPS) is 10.3. The monoisotopic (exact) mass is 392 g/mol. The number of benzene rings is 2. The molecule has 0 saturated carbocycles. The van der Waals surface area contributed by atoms with Crippen molar-refractivity contribution in [2.45, 2.75) is 26.2 Å². The van der Waals surface area contributed by atoms with Crippen LogP contribution in [0.4, 0.5) is 14.9 Å². The van der Waals surface area contributed by atoms with Gasteiger partial charge in [-0.15, -0.1) is 0 Å². The van der Waals surface area contributed by atoms with Crippen molar-refractivity contribution in [3.05, 3.63) is 48.3 Å². The van der Waals surface area contributed by atoms with Gasteiger partial charge in [-0.05, 0) is 6.42 Å². The van der Waals surface area contributed by atoms with Crippen molar-refractivity contribution in [1.82, 2.24) is 5.32 Å². The van der Waals surface area contributed by atoms with E-state index in [1.807, 2.05) is 24.3 Å². The minimum absolute atomic E-state index is 0.127. The predicted molar refractivity (Wildman–Crippen MR) is 97.6 cm³/mol. The van der Waals surface area contributed by atoms with Crippen molar-refractivity contribution < 1.29 is 13.9 Å². The molecule has 6 heteroatoms. The Morgan fingerprint density at radius 3 is 2.50 bits per heavy atom. The SMILES string of the molecule is CCCCCNC(=O)Nc1ccc(Oc2ccc([AsH2])cc2)cc1F. The standard InChI is InChI=1S/C18H22AsFN2O2/c1-2-3-4-11-21-18(23)22-17-10-9-15(12-16(17)20)24-14-7-5-13(19)6-8-14/h5-10,12H,2-4,11,19H2,1H3,(H2,21,22,23). The van der Waals surface area contributed by atoms with Gasteiger partial charge in [-0.3, -0.25) is 0 Å². The molecule has 2 rings (SSSR count). The van der Waals surface area contributed by atoms with Gasteiger partial charge in [0.2, 0.25) is 0 Å². The minimum atomic E-state index is -0.536. The number of hydrogen-bond acceptors (Lipinski definition) is 2. The fraction of sp³-hybridized carbons (Fsp3) is 0.278. The quantitative estimate of drug-likeness (QED) is 0.562. The van der Waals surface area contributed by atoms with Crippen molar-refractivity contribution in [2.24, 2.45) is 0 Å². The second-order valence-corrected chi connectivity index (χ2v) is 6.80. The maximum absolute atomic E-state index is 14.1. The van der Waals surface area contributed by atoms with Crippen LogP contribution in [0, 0.1) is 5.82 Å². The van der Waals surface area contributed by atoms with Crippen LogP contribution in [0.15, 0.2) is 42.5 Å². The number of rotatable bonds is 7. The van der Waals surface area contributed by atoms with E-state index in [0.717, 1.165) is 19.3 Å². The van der Waals surface area contributed by atoms with Crippen LogP contribution in [0.2, 0.25) is 0 Å². The number of carbonyl (C=O) groups excluding carboxylic acids is 1. The molecule has 0 aliphatic heterocycles. The molecule has 0 aliphatic rings. The molecule has 0 bridgehead atoms. The third-order valence-electron chi connectivity index (χ3n) is 3.37. The van der Waals surface area contributed by atoms with Crippen LogP contribution in [0.3, 0.4) is 0 Å². The number of urea groups is 1. The Morgan fingerprint density at radius 2 is 1.83 bits per heavy atom. The molecule has 2 amide bonds. The predicted octanol–water partition coefficient (Wildman–Crippen LogP) is 3.19. The summed E-state index contributed by atoms with van der Waals surface area (Å²) in [6.07, 6.45) is 3.05. The van der Waals surface area contributed by atoms with Gasteiger partial charge in [-0.2, -0.15) is 0 Å². The molecular formula is C18H22AsFN2O2. The molecule has 24 heavy (non-hydrogen) atoms. The summed E-state index contributed by atoms with van der Waals surface area (Å²) in [4.78, 5) is 11.7. The average Bonchev–Trinajstić information content (AvgIpc) is 2.56. The van der Waals surface area contributed by atoms with E-state index in [2.05, 4.69) is 17.6 Å². The number of anilines is 1. The summed E-state index contributed by atoms with van der Waals surface area (Å²) in [6, 6.07) is 11.5. The van der Waals surface area contributed by atoms with E-state index in [9.17, 15) is 9.18 Å². The van der Waals surface area contributed by atoms with Crippen molar-refractivity contribution in [3.8, 4) is 11.5 Å². The molecule has 0 heterocycles. The second kappa shape index (κ2) is 9.33. The van der Waals surface area contributed by atoms with Gasteiger partial charge in [-0.25, -0.2) is 0 Å². The maximum atomic E-state index is 14.1. The topological polar surface area (TPSA) is 50.4 Å². The van der Waals surface area contributed by atoms with E-state index >= 15 is 0 Å². The molecule has 0 saturated heterocycles. The summed E-state index contributed by atoms with van der Waals surface area (Å²) < 4.78 is 20.9. The van der Waals surface area contributed by atoms with Gasteiger partial charge in [0.15, 0.2) is 0 Å². The van der Waals surface area contributed by atoms with Crippen molar-refractivity contribution >= 4 is 32.9 Å². The zero-order valence-corrected chi connectivity index (χ0v) is 16.1. The van der Waals surface area contributed by atoms with Crippen LogP contribution < -0.4 is 19.7 Å². The van der Waals surface area contributed by atoms with Crippen LogP contribution >= 0.6 is 0 Å². The summed E-state index contributed by atoms with van der Waals surface area (Å²) in [5.74, 6) is 0.493. The van der Waals surface area contributed by atoms with Crippen LogP contribution in [-0.4, -0.2) is 29.4 Å². The molecule has 2 N–H and O–H groups in total. The Morgan fingerprint density at radius 1 is 1.12 bits per heavy atom. The summed E-state index contributed by atoms with van der Waals surface area (Å²) in [5.41, 5.74) is 0.127. The second-order valence-electron chi connectivity index (χ2n) is 5.40. The molecule has 1 atom stereocenters. The zero-order valence-electron chi connectivity index (χ0n) is 13.6. The van der Waals surface area contributed by atoms with Gasteiger partial charge in [-0.1, -0.05) is 19.8 Å². The first-order valence-electron chi connectivity index (χ1n) is 7.96. The summed E-state index contributed by atoms with van der Waals surface area (Å²) >= 11 is 1.53.